The molecule has 1 aliphatic rings. The van der Waals surface area contributed by atoms with Gasteiger partial charge in [0, 0.05) is 5.92 Å². The predicted octanol–water partition coefficient (Wildman–Crippen LogP) is 0.883. The second-order valence-electron chi connectivity index (χ2n) is 2.16. The molecular formula is C5H10O2S. The van der Waals surface area contributed by atoms with E-state index in [1.165, 1.54) is 0 Å². The molecule has 1 aliphatic heterocycles. The Hall–Kier alpha value is 0.270. The summed E-state index contributed by atoms with van der Waals surface area (Å²) in [6.45, 7) is 3.60. The highest BCUT2D eigenvalue weighted by atomic mass is 32.1. The molecule has 1 saturated heterocycles. The maximum absolute atomic E-state index is 5.09. The van der Waals surface area contributed by atoms with Gasteiger partial charge in [0.2, 0.25) is 0 Å². The van der Waals surface area contributed by atoms with E-state index in [0.29, 0.717) is 12.5 Å². The van der Waals surface area contributed by atoms with Crippen molar-refractivity contribution >= 4 is 12.9 Å². The summed E-state index contributed by atoms with van der Waals surface area (Å²) in [4.78, 5) is 0. The fraction of sp³-hybridized carbons (Fsp3) is 1.00. The Morgan fingerprint density at radius 1 is 1.62 bits per heavy atom. The second-order valence-corrected chi connectivity index (χ2v) is 2.37. The first-order chi connectivity index (χ1) is 3.84. The fourth-order valence-corrected chi connectivity index (χ4v) is 1.04. The molecule has 2 atom stereocenters. The van der Waals surface area contributed by atoms with Crippen LogP contribution in [-0.2, 0) is 8.92 Å². The summed E-state index contributed by atoms with van der Waals surface area (Å²) in [6, 6.07) is 0. The molecule has 3 heteroatoms. The Bertz CT molecular complexity index is 76.8. The van der Waals surface area contributed by atoms with E-state index in [4.69, 9.17) is 8.92 Å². The van der Waals surface area contributed by atoms with E-state index in [1.807, 2.05) is 0 Å². The van der Waals surface area contributed by atoms with Crippen LogP contribution >= 0.6 is 12.9 Å². The van der Waals surface area contributed by atoms with E-state index in [1.54, 1.807) is 0 Å². The molecule has 0 bridgehead atoms. The lowest BCUT2D eigenvalue weighted by molar-refractivity contribution is 0.155. The van der Waals surface area contributed by atoms with Crippen molar-refractivity contribution in [2.24, 2.45) is 5.92 Å². The lowest BCUT2D eigenvalue weighted by atomic mass is 10.1. The summed E-state index contributed by atoms with van der Waals surface area (Å²) in [5.74, 6) is 0.507. The second kappa shape index (κ2) is 2.71. The quantitative estimate of drug-likeness (QED) is 0.424. The third-order valence-electron chi connectivity index (χ3n) is 1.43. The summed E-state index contributed by atoms with van der Waals surface area (Å²) in [7, 11) is 0. The minimum absolute atomic E-state index is 0.207. The van der Waals surface area contributed by atoms with Crippen LogP contribution in [-0.4, -0.2) is 19.3 Å². The van der Waals surface area contributed by atoms with Crippen molar-refractivity contribution < 1.29 is 8.92 Å². The van der Waals surface area contributed by atoms with Gasteiger partial charge in [-0.1, -0.05) is 6.92 Å². The van der Waals surface area contributed by atoms with Gasteiger partial charge < -0.3 is 8.92 Å². The summed E-state index contributed by atoms with van der Waals surface area (Å²) >= 11 is 3.70. The lowest BCUT2D eigenvalue weighted by Gasteiger charge is -2.07. The first-order valence-electron chi connectivity index (χ1n) is 2.72. The van der Waals surface area contributed by atoms with Crippen molar-refractivity contribution in [3.8, 4) is 0 Å². The van der Waals surface area contributed by atoms with Gasteiger partial charge in [-0.15, -0.1) is 0 Å². The summed E-state index contributed by atoms with van der Waals surface area (Å²) in [6.07, 6.45) is 0.207. The summed E-state index contributed by atoms with van der Waals surface area (Å²) in [5, 5.41) is 0. The summed E-state index contributed by atoms with van der Waals surface area (Å²) in [5.41, 5.74) is 0. The van der Waals surface area contributed by atoms with Gasteiger partial charge in [-0.2, -0.15) is 0 Å². The molecule has 0 amide bonds. The van der Waals surface area contributed by atoms with Gasteiger partial charge in [-0.3, -0.25) is 0 Å². The highest BCUT2D eigenvalue weighted by Gasteiger charge is 2.23. The minimum Gasteiger partial charge on any atom is -0.378 e. The van der Waals surface area contributed by atoms with Gasteiger partial charge in [0.05, 0.1) is 19.3 Å². The molecule has 48 valence electrons. The smallest absolute Gasteiger partial charge is 0.0999 e. The molecule has 1 rings (SSSR count). The van der Waals surface area contributed by atoms with E-state index in [-0.39, 0.29) is 6.10 Å². The van der Waals surface area contributed by atoms with E-state index in [2.05, 4.69) is 19.8 Å². The molecule has 1 heterocycles. The average Bonchev–Trinajstić information content (AvgIpc) is 2.14. The van der Waals surface area contributed by atoms with Gasteiger partial charge in [0.15, 0.2) is 0 Å². The molecule has 0 spiro atoms. The highest BCUT2D eigenvalue weighted by molar-refractivity contribution is 7.75. The van der Waals surface area contributed by atoms with E-state index >= 15 is 0 Å². The Kier molecular flexibility index (Phi) is 2.16. The zero-order valence-corrected chi connectivity index (χ0v) is 5.73. The monoisotopic (exact) mass is 134 g/mol. The van der Waals surface area contributed by atoms with Gasteiger partial charge in [0.1, 0.15) is 0 Å². The first kappa shape index (κ1) is 6.39. The van der Waals surface area contributed by atoms with Gasteiger partial charge >= 0.3 is 0 Å². The molecule has 0 aromatic carbocycles. The van der Waals surface area contributed by atoms with Crippen LogP contribution < -0.4 is 0 Å². The highest BCUT2D eigenvalue weighted by Crippen LogP contribution is 2.16. The topological polar surface area (TPSA) is 18.5 Å². The van der Waals surface area contributed by atoms with Crippen molar-refractivity contribution in [2.45, 2.75) is 13.0 Å². The number of ether oxygens (including phenoxy) is 1. The number of thiol groups is 1. The number of hydrogen-bond donors (Lipinski definition) is 1. The van der Waals surface area contributed by atoms with Crippen LogP contribution in [0.5, 0.6) is 0 Å². The Morgan fingerprint density at radius 3 is 2.62 bits per heavy atom. The van der Waals surface area contributed by atoms with E-state index in [0.717, 1.165) is 6.61 Å². The van der Waals surface area contributed by atoms with Crippen molar-refractivity contribution in [1.82, 2.24) is 0 Å². The molecule has 0 N–H and O–H groups in total. The number of rotatable bonds is 1. The lowest BCUT2D eigenvalue weighted by Crippen LogP contribution is -2.15. The standard InChI is InChI=1S/C5H10O2S/c1-4-2-6-3-5(4)7-8/h4-5,8H,2-3H2,1H3. The minimum atomic E-state index is 0.207. The van der Waals surface area contributed by atoms with E-state index in [9.17, 15) is 0 Å². The van der Waals surface area contributed by atoms with Crippen LogP contribution in [0.25, 0.3) is 0 Å². The zero-order valence-electron chi connectivity index (χ0n) is 4.83. The maximum Gasteiger partial charge on any atom is 0.0999 e. The average molecular weight is 134 g/mol. The molecule has 0 radical (unpaired) electrons. The maximum atomic E-state index is 5.09. The van der Waals surface area contributed by atoms with Crippen LogP contribution in [0.2, 0.25) is 0 Å². The Labute approximate surface area is 54.8 Å². The molecular weight excluding hydrogens is 124 g/mol. The molecule has 0 saturated carbocycles. The predicted molar refractivity (Wildman–Crippen MR) is 33.8 cm³/mol. The Balaban J connectivity index is 2.30. The third-order valence-corrected chi connectivity index (χ3v) is 1.70. The third kappa shape index (κ3) is 1.16. The molecule has 2 unspecified atom stereocenters. The van der Waals surface area contributed by atoms with Gasteiger partial charge in [0.25, 0.3) is 0 Å². The van der Waals surface area contributed by atoms with Crippen molar-refractivity contribution in [2.75, 3.05) is 13.2 Å². The van der Waals surface area contributed by atoms with Crippen LogP contribution in [0.3, 0.4) is 0 Å². The van der Waals surface area contributed by atoms with Gasteiger partial charge in [-0.05, 0) is 12.9 Å². The van der Waals surface area contributed by atoms with Crippen LogP contribution in [0, 0.1) is 5.92 Å². The van der Waals surface area contributed by atoms with E-state index < -0.39 is 0 Å². The largest absolute Gasteiger partial charge is 0.378 e. The molecule has 0 aromatic rings. The first-order valence-corrected chi connectivity index (χ1v) is 3.09. The van der Waals surface area contributed by atoms with Crippen LogP contribution in [0.15, 0.2) is 0 Å². The molecule has 0 aliphatic carbocycles. The van der Waals surface area contributed by atoms with Crippen molar-refractivity contribution in [1.29, 1.82) is 0 Å². The normalized spacial score (nSPS) is 38.2. The number of hydrogen-bond acceptors (Lipinski definition) is 3. The molecule has 2 nitrogen and oxygen atoms in total. The summed E-state index contributed by atoms with van der Waals surface area (Å²) < 4.78 is 9.88. The molecule has 0 aromatic heterocycles. The fourth-order valence-electron chi connectivity index (χ4n) is 0.776. The molecule has 1 fully saturated rings. The van der Waals surface area contributed by atoms with Crippen molar-refractivity contribution in [3.05, 3.63) is 0 Å². The van der Waals surface area contributed by atoms with Crippen molar-refractivity contribution in [3.63, 3.8) is 0 Å². The van der Waals surface area contributed by atoms with Gasteiger partial charge in [-0.25, -0.2) is 0 Å². The van der Waals surface area contributed by atoms with Crippen LogP contribution in [0.1, 0.15) is 6.92 Å². The Morgan fingerprint density at radius 2 is 2.38 bits per heavy atom. The zero-order chi connectivity index (χ0) is 5.98. The molecule has 8 heavy (non-hydrogen) atoms. The SMILES string of the molecule is CC1COCC1OS. The van der Waals surface area contributed by atoms with Crippen LogP contribution in [0.4, 0.5) is 0 Å².